The fourth-order valence-corrected chi connectivity index (χ4v) is 0.921. The number of hydrogen-bond acceptors (Lipinski definition) is 3. The van der Waals surface area contributed by atoms with Crippen molar-refractivity contribution in [1.82, 2.24) is 4.98 Å². The van der Waals surface area contributed by atoms with Gasteiger partial charge in [0.1, 0.15) is 0 Å². The minimum atomic E-state index is -0.816. The van der Waals surface area contributed by atoms with Crippen LogP contribution >= 0.6 is 0 Å². The number of Topliss-reactive ketones (excluding diaryl/α,β-unsaturated/α-hetero) is 1. The number of nitrogens with one attached hydrogen (secondary N) is 1. The molecule has 0 aliphatic rings. The van der Waals surface area contributed by atoms with Crippen LogP contribution in [0, 0.1) is 0 Å². The Morgan fingerprint density at radius 1 is 1.50 bits per heavy atom. The number of rotatable bonds is 4. The Morgan fingerprint density at radius 2 is 2.17 bits per heavy atom. The normalized spacial score (nSPS) is 10.6. The van der Waals surface area contributed by atoms with Gasteiger partial charge in [-0.15, -0.1) is 0 Å². The Labute approximate surface area is 70.5 Å². The van der Waals surface area contributed by atoms with Crippen LogP contribution in [0.25, 0.3) is 0 Å². The number of hydrogen-bond donors (Lipinski definition) is 1. The summed E-state index contributed by atoms with van der Waals surface area (Å²) in [7, 11) is 2.85. The molecule has 0 radical (unpaired) electrons. The minimum Gasteiger partial charge on any atom is -0.359 e. The average Bonchev–Trinajstić information content (AvgIpc) is 2.58. The zero-order valence-electron chi connectivity index (χ0n) is 7.03. The number of aromatic amines is 1. The van der Waals surface area contributed by atoms with Crippen molar-refractivity contribution in [3.63, 3.8) is 0 Å². The highest BCUT2D eigenvalue weighted by molar-refractivity contribution is 5.96. The van der Waals surface area contributed by atoms with Gasteiger partial charge in [0.2, 0.25) is 12.1 Å². The molecule has 0 spiro atoms. The molecule has 1 rings (SSSR count). The maximum Gasteiger partial charge on any atom is 0.234 e. The first kappa shape index (κ1) is 8.96. The molecule has 1 aromatic heterocycles. The van der Waals surface area contributed by atoms with Gasteiger partial charge in [-0.25, -0.2) is 0 Å². The Hall–Kier alpha value is -1.13. The Balaban J connectivity index is 2.70. The molecule has 0 atom stereocenters. The molecule has 1 N–H and O–H groups in total. The van der Waals surface area contributed by atoms with Crippen LogP contribution in [0.4, 0.5) is 0 Å². The van der Waals surface area contributed by atoms with Gasteiger partial charge in [-0.05, 0) is 12.1 Å². The first-order valence-corrected chi connectivity index (χ1v) is 3.52. The van der Waals surface area contributed by atoms with E-state index in [1.54, 1.807) is 18.3 Å². The molecule has 0 amide bonds. The summed E-state index contributed by atoms with van der Waals surface area (Å²) < 4.78 is 9.59. The summed E-state index contributed by atoms with van der Waals surface area (Å²) in [5.74, 6) is -0.204. The Bertz CT molecular complexity index is 239. The van der Waals surface area contributed by atoms with Crippen molar-refractivity contribution in [2.75, 3.05) is 14.2 Å². The van der Waals surface area contributed by atoms with Gasteiger partial charge in [-0.3, -0.25) is 4.79 Å². The van der Waals surface area contributed by atoms with Crippen LogP contribution < -0.4 is 0 Å². The Morgan fingerprint density at radius 3 is 2.58 bits per heavy atom. The van der Waals surface area contributed by atoms with E-state index in [1.807, 2.05) is 0 Å². The van der Waals surface area contributed by atoms with E-state index in [4.69, 9.17) is 9.47 Å². The molecular formula is C8H11NO3. The molecule has 12 heavy (non-hydrogen) atoms. The molecule has 0 fully saturated rings. The zero-order chi connectivity index (χ0) is 8.97. The number of H-pyrrole nitrogens is 1. The van der Waals surface area contributed by atoms with E-state index in [1.165, 1.54) is 14.2 Å². The van der Waals surface area contributed by atoms with Crippen molar-refractivity contribution in [2.24, 2.45) is 0 Å². The molecule has 1 aromatic rings. The lowest BCUT2D eigenvalue weighted by molar-refractivity contribution is -0.0744. The molecule has 0 aromatic carbocycles. The molecule has 0 aliphatic carbocycles. The van der Waals surface area contributed by atoms with E-state index in [9.17, 15) is 4.79 Å². The first-order valence-electron chi connectivity index (χ1n) is 3.52. The lowest BCUT2D eigenvalue weighted by Crippen LogP contribution is -2.25. The summed E-state index contributed by atoms with van der Waals surface area (Å²) in [4.78, 5) is 14.2. The summed E-state index contributed by atoms with van der Waals surface area (Å²) in [6.45, 7) is 0. The summed E-state index contributed by atoms with van der Waals surface area (Å²) >= 11 is 0. The topological polar surface area (TPSA) is 51.3 Å². The number of ether oxygens (including phenoxy) is 2. The van der Waals surface area contributed by atoms with E-state index < -0.39 is 6.29 Å². The van der Waals surface area contributed by atoms with Gasteiger partial charge >= 0.3 is 0 Å². The highest BCUT2D eigenvalue weighted by atomic mass is 16.7. The number of methoxy groups -OCH3 is 2. The molecular weight excluding hydrogens is 158 g/mol. The maximum absolute atomic E-state index is 11.4. The van der Waals surface area contributed by atoms with E-state index in [0.717, 1.165) is 0 Å². The molecule has 66 valence electrons. The minimum absolute atomic E-state index is 0.204. The first-order chi connectivity index (χ1) is 5.79. The van der Waals surface area contributed by atoms with Gasteiger partial charge in [0, 0.05) is 20.4 Å². The van der Waals surface area contributed by atoms with Crippen molar-refractivity contribution in [2.45, 2.75) is 6.29 Å². The third kappa shape index (κ3) is 1.72. The monoisotopic (exact) mass is 169 g/mol. The van der Waals surface area contributed by atoms with Crippen LogP contribution in [-0.4, -0.2) is 31.3 Å². The lowest BCUT2D eigenvalue weighted by Gasteiger charge is -2.09. The van der Waals surface area contributed by atoms with Gasteiger partial charge in [0.25, 0.3) is 0 Å². The van der Waals surface area contributed by atoms with E-state index >= 15 is 0 Å². The fraction of sp³-hybridized carbons (Fsp3) is 0.375. The second-order valence-corrected chi connectivity index (χ2v) is 2.25. The smallest absolute Gasteiger partial charge is 0.234 e. The van der Waals surface area contributed by atoms with Crippen molar-refractivity contribution in [3.8, 4) is 0 Å². The SMILES string of the molecule is COC(OC)C(=O)c1ccc[nH]1. The second kappa shape index (κ2) is 4.04. The van der Waals surface area contributed by atoms with E-state index in [-0.39, 0.29) is 5.78 Å². The van der Waals surface area contributed by atoms with Crippen LogP contribution in [0.3, 0.4) is 0 Å². The molecule has 4 heteroatoms. The van der Waals surface area contributed by atoms with Crippen molar-refractivity contribution >= 4 is 5.78 Å². The average molecular weight is 169 g/mol. The third-order valence-corrected chi connectivity index (χ3v) is 1.51. The molecule has 0 saturated carbocycles. The van der Waals surface area contributed by atoms with Crippen molar-refractivity contribution in [1.29, 1.82) is 0 Å². The quantitative estimate of drug-likeness (QED) is 0.536. The zero-order valence-corrected chi connectivity index (χ0v) is 7.03. The molecule has 1 heterocycles. The van der Waals surface area contributed by atoms with Crippen LogP contribution in [0.1, 0.15) is 10.5 Å². The van der Waals surface area contributed by atoms with Crippen LogP contribution in [0.2, 0.25) is 0 Å². The highest BCUT2D eigenvalue weighted by Crippen LogP contribution is 2.03. The number of ketones is 1. The number of aromatic nitrogens is 1. The molecule has 0 saturated heterocycles. The fourth-order valence-electron chi connectivity index (χ4n) is 0.921. The summed E-state index contributed by atoms with van der Waals surface area (Å²) in [6, 6.07) is 3.42. The van der Waals surface area contributed by atoms with E-state index in [2.05, 4.69) is 4.98 Å². The van der Waals surface area contributed by atoms with Crippen LogP contribution in [0.5, 0.6) is 0 Å². The van der Waals surface area contributed by atoms with Gasteiger partial charge in [-0.2, -0.15) is 0 Å². The Kier molecular flexibility index (Phi) is 3.01. The molecule has 0 unspecified atom stereocenters. The van der Waals surface area contributed by atoms with Crippen molar-refractivity contribution in [3.05, 3.63) is 24.0 Å². The van der Waals surface area contributed by atoms with Gasteiger partial charge in [0.15, 0.2) is 0 Å². The van der Waals surface area contributed by atoms with Crippen LogP contribution in [0.15, 0.2) is 18.3 Å². The second-order valence-electron chi connectivity index (χ2n) is 2.25. The largest absolute Gasteiger partial charge is 0.359 e. The summed E-state index contributed by atoms with van der Waals surface area (Å²) in [5, 5.41) is 0. The highest BCUT2D eigenvalue weighted by Gasteiger charge is 2.18. The predicted octanol–water partition coefficient (Wildman–Crippen LogP) is 0.816. The number of carbonyl (C=O) groups excluding carboxylic acids is 1. The predicted molar refractivity (Wildman–Crippen MR) is 42.9 cm³/mol. The molecule has 0 aliphatic heterocycles. The van der Waals surface area contributed by atoms with Crippen molar-refractivity contribution < 1.29 is 14.3 Å². The lowest BCUT2D eigenvalue weighted by atomic mass is 10.3. The van der Waals surface area contributed by atoms with Gasteiger partial charge < -0.3 is 14.5 Å². The van der Waals surface area contributed by atoms with Crippen LogP contribution in [-0.2, 0) is 9.47 Å². The standard InChI is InChI=1S/C8H11NO3/c1-11-8(12-2)7(10)6-4-3-5-9-6/h3-5,8-9H,1-2H3. The van der Waals surface area contributed by atoms with Gasteiger partial charge in [-0.1, -0.05) is 0 Å². The third-order valence-electron chi connectivity index (χ3n) is 1.51. The van der Waals surface area contributed by atoms with E-state index in [0.29, 0.717) is 5.69 Å². The van der Waals surface area contributed by atoms with Gasteiger partial charge in [0.05, 0.1) is 5.69 Å². The summed E-state index contributed by atoms with van der Waals surface area (Å²) in [5.41, 5.74) is 0.490. The number of carbonyl (C=O) groups is 1. The summed E-state index contributed by atoms with van der Waals surface area (Å²) in [6.07, 6.45) is 0.860. The molecule has 0 bridgehead atoms. The maximum atomic E-state index is 11.4. The molecule has 4 nitrogen and oxygen atoms in total.